The van der Waals surface area contributed by atoms with Crippen LogP contribution in [0.15, 0.2) is 53.5 Å². The first-order chi connectivity index (χ1) is 8.30. The topological polar surface area (TPSA) is 24.4 Å². The van der Waals surface area contributed by atoms with Crippen molar-refractivity contribution in [3.63, 3.8) is 0 Å². The maximum Gasteiger partial charge on any atom is 0.318 e. The second-order valence-corrected chi connectivity index (χ2v) is 4.57. The van der Waals surface area contributed by atoms with Crippen molar-refractivity contribution in [3.05, 3.63) is 48.5 Å². The third kappa shape index (κ3) is 0.929. The molecule has 3 nitrogen and oxygen atoms in total. The van der Waals surface area contributed by atoms with Gasteiger partial charge in [0, 0.05) is 12.1 Å². The summed E-state index contributed by atoms with van der Waals surface area (Å²) in [6.45, 7) is 0. The molecular formula is C14H12N3+. The summed E-state index contributed by atoms with van der Waals surface area (Å²) >= 11 is 0. The highest BCUT2D eigenvalue weighted by Crippen LogP contribution is 2.51. The van der Waals surface area contributed by atoms with Gasteiger partial charge in [-0.1, -0.05) is 24.3 Å². The number of rotatable bonds is 0. The molecule has 1 atom stereocenters. The number of fused-ring (bicyclic) bond motifs is 5. The fraction of sp³-hybridized carbons (Fsp3) is 0.0714. The Hall–Kier alpha value is -2.13. The predicted molar refractivity (Wildman–Crippen MR) is 71.0 cm³/mol. The normalized spacial score (nSPS) is 23.5. The van der Waals surface area contributed by atoms with Gasteiger partial charge in [0.1, 0.15) is 11.4 Å². The van der Waals surface area contributed by atoms with Crippen LogP contribution in [0, 0.1) is 0 Å². The molecule has 0 saturated carbocycles. The van der Waals surface area contributed by atoms with Gasteiger partial charge in [-0.3, -0.25) is 5.32 Å². The molecule has 0 fully saturated rings. The third-order valence-corrected chi connectivity index (χ3v) is 3.65. The molecule has 0 amide bonds. The Labute approximate surface area is 99.6 Å². The van der Waals surface area contributed by atoms with Gasteiger partial charge in [0.15, 0.2) is 11.4 Å². The van der Waals surface area contributed by atoms with Gasteiger partial charge in [-0.15, -0.1) is 0 Å². The van der Waals surface area contributed by atoms with Crippen molar-refractivity contribution < 1.29 is 0 Å². The van der Waals surface area contributed by atoms with Crippen molar-refractivity contribution in [2.75, 3.05) is 12.4 Å². The molecule has 0 aromatic heterocycles. The molecule has 2 aliphatic heterocycles. The van der Waals surface area contributed by atoms with Gasteiger partial charge in [-0.05, 0) is 12.1 Å². The van der Waals surface area contributed by atoms with E-state index in [1.807, 2.05) is 12.1 Å². The predicted octanol–water partition coefficient (Wildman–Crippen LogP) is 3.38. The zero-order chi connectivity index (χ0) is 11.5. The molecule has 3 heteroatoms. The second kappa shape index (κ2) is 2.76. The third-order valence-electron chi connectivity index (χ3n) is 3.65. The maximum absolute atomic E-state index is 4.68. The van der Waals surface area contributed by atoms with Gasteiger partial charge in [-0.2, -0.15) is 9.48 Å². The molecule has 2 aromatic carbocycles. The van der Waals surface area contributed by atoms with Gasteiger partial charge in [0.2, 0.25) is 0 Å². The summed E-state index contributed by atoms with van der Waals surface area (Å²) in [5.41, 5.74) is 4.71. The van der Waals surface area contributed by atoms with Crippen molar-refractivity contribution in [2.24, 2.45) is 4.99 Å². The molecule has 2 aliphatic rings. The lowest BCUT2D eigenvalue weighted by Gasteiger charge is -2.23. The smallest absolute Gasteiger partial charge is 0.288 e. The van der Waals surface area contributed by atoms with Crippen molar-refractivity contribution in [2.45, 2.75) is 0 Å². The van der Waals surface area contributed by atoms with E-state index in [-0.39, 0.29) is 0 Å². The van der Waals surface area contributed by atoms with E-state index in [2.05, 4.69) is 53.8 Å². The Morgan fingerprint density at radius 2 is 1.65 bits per heavy atom. The van der Waals surface area contributed by atoms with Crippen LogP contribution in [0.3, 0.4) is 0 Å². The van der Waals surface area contributed by atoms with Crippen LogP contribution in [0.4, 0.5) is 22.7 Å². The Morgan fingerprint density at radius 1 is 0.941 bits per heavy atom. The lowest BCUT2D eigenvalue weighted by atomic mass is 10.2. The highest BCUT2D eigenvalue weighted by molar-refractivity contribution is 6.18. The van der Waals surface area contributed by atoms with Gasteiger partial charge < -0.3 is 0 Å². The SMILES string of the molecule is C[N+]12C(=Nc3ccccc31)Nc1ccccc12. The van der Waals surface area contributed by atoms with E-state index in [1.54, 1.807) is 0 Å². The number of nitrogens with one attached hydrogen (secondary N) is 1. The van der Waals surface area contributed by atoms with Crippen LogP contribution in [-0.4, -0.2) is 13.0 Å². The van der Waals surface area contributed by atoms with E-state index in [1.165, 1.54) is 11.4 Å². The summed E-state index contributed by atoms with van der Waals surface area (Å²) in [5.74, 6) is 0.993. The molecule has 4 rings (SSSR count). The Bertz CT molecular complexity index is 660. The van der Waals surface area contributed by atoms with Crippen LogP contribution in [0.2, 0.25) is 0 Å². The highest BCUT2D eigenvalue weighted by atomic mass is 15.5. The number of anilines is 1. The van der Waals surface area contributed by atoms with E-state index in [9.17, 15) is 0 Å². The van der Waals surface area contributed by atoms with Crippen molar-refractivity contribution in [1.29, 1.82) is 0 Å². The minimum absolute atomic E-state index is 0.659. The average molecular weight is 222 g/mol. The minimum atomic E-state index is 0.659. The second-order valence-electron chi connectivity index (χ2n) is 4.57. The lowest BCUT2D eigenvalue weighted by Crippen LogP contribution is -2.42. The molecule has 1 unspecified atom stereocenters. The summed E-state index contributed by atoms with van der Waals surface area (Å²) in [4.78, 5) is 4.68. The molecule has 1 N–H and O–H groups in total. The fourth-order valence-corrected chi connectivity index (χ4v) is 2.74. The molecule has 2 aromatic rings. The monoisotopic (exact) mass is 222 g/mol. The van der Waals surface area contributed by atoms with Crippen LogP contribution < -0.4 is 9.80 Å². The molecule has 0 radical (unpaired) electrons. The lowest BCUT2D eigenvalue weighted by molar-refractivity contribution is 0.701. The van der Waals surface area contributed by atoms with Crippen LogP contribution in [0.1, 0.15) is 0 Å². The van der Waals surface area contributed by atoms with E-state index >= 15 is 0 Å². The van der Waals surface area contributed by atoms with Gasteiger partial charge >= 0.3 is 5.96 Å². The zero-order valence-corrected chi connectivity index (χ0v) is 9.51. The number of quaternary nitrogens is 1. The first kappa shape index (κ1) is 8.96. The quantitative estimate of drug-likeness (QED) is 0.679. The van der Waals surface area contributed by atoms with Crippen molar-refractivity contribution >= 4 is 28.7 Å². The Kier molecular flexibility index (Phi) is 1.45. The van der Waals surface area contributed by atoms with E-state index in [0.717, 1.165) is 17.3 Å². The Morgan fingerprint density at radius 3 is 2.53 bits per heavy atom. The van der Waals surface area contributed by atoms with Crippen LogP contribution >= 0.6 is 0 Å². The molecule has 0 bridgehead atoms. The number of aliphatic imine (C=N–C) groups is 1. The van der Waals surface area contributed by atoms with Crippen LogP contribution in [-0.2, 0) is 0 Å². The fourth-order valence-electron chi connectivity index (χ4n) is 2.74. The number of hydrogen-bond acceptors (Lipinski definition) is 2. The number of guanidine groups is 1. The summed E-state index contributed by atoms with van der Waals surface area (Å²) in [7, 11) is 2.18. The Balaban J connectivity index is 2.06. The first-order valence-electron chi connectivity index (χ1n) is 5.72. The van der Waals surface area contributed by atoms with E-state index in [0.29, 0.717) is 4.48 Å². The summed E-state index contributed by atoms with van der Waals surface area (Å²) in [6, 6.07) is 16.7. The van der Waals surface area contributed by atoms with Crippen LogP contribution in [0.25, 0.3) is 0 Å². The molecule has 82 valence electrons. The zero-order valence-electron chi connectivity index (χ0n) is 9.51. The largest absolute Gasteiger partial charge is 0.318 e. The summed E-state index contributed by atoms with van der Waals surface area (Å²) < 4.78 is 0.659. The molecule has 2 heterocycles. The van der Waals surface area contributed by atoms with Crippen LogP contribution in [0.5, 0.6) is 0 Å². The summed E-state index contributed by atoms with van der Waals surface area (Å²) in [5, 5.41) is 3.41. The van der Waals surface area contributed by atoms with Gasteiger partial charge in [0.05, 0.1) is 7.05 Å². The summed E-state index contributed by atoms with van der Waals surface area (Å²) in [6.07, 6.45) is 0. The standard InChI is InChI=1S/C14H12N3/c1-17-12-8-4-2-6-10(12)15-14(17)16-11-7-3-5-9-13(11)17/h2-9H,1H3,(H,15,16)/q+1. The average Bonchev–Trinajstić information content (AvgIpc) is 2.79. The number of benzene rings is 2. The van der Waals surface area contributed by atoms with Gasteiger partial charge in [-0.25, -0.2) is 0 Å². The molecule has 17 heavy (non-hydrogen) atoms. The number of para-hydroxylation sites is 4. The van der Waals surface area contributed by atoms with E-state index in [4.69, 9.17) is 0 Å². The molecular weight excluding hydrogens is 210 g/mol. The molecule has 0 spiro atoms. The van der Waals surface area contributed by atoms with Gasteiger partial charge in [0.25, 0.3) is 0 Å². The van der Waals surface area contributed by atoms with E-state index < -0.39 is 0 Å². The minimum Gasteiger partial charge on any atom is -0.288 e. The maximum atomic E-state index is 4.68. The highest BCUT2D eigenvalue weighted by Gasteiger charge is 2.48. The van der Waals surface area contributed by atoms with Crippen molar-refractivity contribution in [3.8, 4) is 0 Å². The molecule has 0 aliphatic carbocycles. The number of nitrogens with zero attached hydrogens (tertiary/aromatic N) is 2. The number of hydrogen-bond donors (Lipinski definition) is 1. The molecule has 0 saturated heterocycles. The first-order valence-corrected chi connectivity index (χ1v) is 5.72. The van der Waals surface area contributed by atoms with Crippen molar-refractivity contribution in [1.82, 2.24) is 4.48 Å².